The summed E-state index contributed by atoms with van der Waals surface area (Å²) in [6, 6.07) is 15.9. The molecule has 1 unspecified atom stereocenters. The number of para-hydroxylation sites is 3. The lowest BCUT2D eigenvalue weighted by atomic mass is 10.1. The summed E-state index contributed by atoms with van der Waals surface area (Å²) in [4.78, 5) is 4.58. The van der Waals surface area contributed by atoms with Crippen LogP contribution in [0.5, 0.6) is 11.5 Å². The van der Waals surface area contributed by atoms with Gasteiger partial charge in [0.1, 0.15) is 11.5 Å². The first kappa shape index (κ1) is 13.8. The van der Waals surface area contributed by atoms with Gasteiger partial charge in [0.05, 0.1) is 25.5 Å². The van der Waals surface area contributed by atoms with E-state index in [2.05, 4.69) is 9.30 Å². The normalized spacial score (nSPS) is 17.0. The van der Waals surface area contributed by atoms with Gasteiger partial charge >= 0.3 is 0 Å². The van der Waals surface area contributed by atoms with Crippen molar-refractivity contribution in [2.45, 2.75) is 6.17 Å². The quantitative estimate of drug-likeness (QED) is 0.802. The summed E-state index contributed by atoms with van der Waals surface area (Å²) < 4.78 is 13.0. The third-order valence-corrected chi connectivity index (χ3v) is 4.16. The molecule has 3 rings (SSSR count). The number of methoxy groups -OCH3 is 2. The lowest BCUT2D eigenvalue weighted by Gasteiger charge is -2.26. The van der Waals surface area contributed by atoms with Crippen molar-refractivity contribution in [3.8, 4) is 11.5 Å². The molecule has 0 saturated carbocycles. The van der Waals surface area contributed by atoms with E-state index in [1.54, 1.807) is 26.2 Å². The van der Waals surface area contributed by atoms with Gasteiger partial charge in [-0.3, -0.25) is 9.30 Å². The molecule has 0 aliphatic carbocycles. The van der Waals surface area contributed by atoms with Crippen molar-refractivity contribution in [2.75, 3.05) is 18.5 Å². The van der Waals surface area contributed by atoms with Crippen LogP contribution in [0.3, 0.4) is 0 Å². The van der Waals surface area contributed by atoms with Crippen molar-refractivity contribution >= 4 is 23.2 Å². The maximum absolute atomic E-state index is 5.46. The predicted octanol–water partition coefficient (Wildman–Crippen LogP) is 3.90. The molecule has 0 bridgehead atoms. The number of benzene rings is 2. The molecule has 0 radical (unpaired) electrons. The molecule has 1 atom stereocenters. The van der Waals surface area contributed by atoms with E-state index < -0.39 is 0 Å². The molecule has 0 spiro atoms. The van der Waals surface area contributed by atoms with Gasteiger partial charge < -0.3 is 9.47 Å². The van der Waals surface area contributed by atoms with Crippen molar-refractivity contribution < 1.29 is 9.47 Å². The molecular weight excluding hydrogens is 284 g/mol. The van der Waals surface area contributed by atoms with Crippen LogP contribution in [0.2, 0.25) is 0 Å². The fraction of sp³-hybridized carbons (Fsp3) is 0.188. The molecule has 0 N–H and O–H groups in total. The third kappa shape index (κ3) is 2.56. The lowest BCUT2D eigenvalue weighted by Crippen LogP contribution is -2.17. The minimum Gasteiger partial charge on any atom is -0.496 e. The van der Waals surface area contributed by atoms with Gasteiger partial charge in [-0.2, -0.15) is 0 Å². The molecule has 2 aromatic carbocycles. The van der Waals surface area contributed by atoms with Gasteiger partial charge in [0, 0.05) is 17.5 Å². The molecule has 1 aliphatic rings. The maximum Gasteiger partial charge on any atom is 0.161 e. The average Bonchev–Trinajstić information content (AvgIpc) is 3.04. The van der Waals surface area contributed by atoms with Gasteiger partial charge in [-0.25, -0.2) is 0 Å². The SMILES string of the molecule is COc1ccccc1C1N=CSN1c1ccccc1OC. The molecule has 0 aromatic heterocycles. The van der Waals surface area contributed by atoms with Gasteiger partial charge in [-0.15, -0.1) is 0 Å². The standard InChI is InChI=1S/C16H16N2O2S/c1-19-14-9-5-3-7-12(14)16-17-11-21-18(16)13-8-4-6-10-15(13)20-2/h3-11,16H,1-2H3. The Labute approximate surface area is 128 Å². The molecule has 0 saturated heterocycles. The Morgan fingerprint density at radius 2 is 1.62 bits per heavy atom. The minimum absolute atomic E-state index is 0.123. The zero-order valence-electron chi connectivity index (χ0n) is 11.9. The Balaban J connectivity index is 2.01. The summed E-state index contributed by atoms with van der Waals surface area (Å²) in [5.41, 5.74) is 3.88. The number of hydrogen-bond donors (Lipinski definition) is 0. The van der Waals surface area contributed by atoms with Crippen LogP contribution < -0.4 is 13.8 Å². The van der Waals surface area contributed by atoms with E-state index in [9.17, 15) is 0 Å². The van der Waals surface area contributed by atoms with Gasteiger partial charge in [0.2, 0.25) is 0 Å². The first-order valence-electron chi connectivity index (χ1n) is 6.58. The van der Waals surface area contributed by atoms with Crippen molar-refractivity contribution in [3.05, 3.63) is 54.1 Å². The number of nitrogens with zero attached hydrogens (tertiary/aromatic N) is 2. The Kier molecular flexibility index (Phi) is 4.01. The number of anilines is 1. The van der Waals surface area contributed by atoms with Crippen LogP contribution in [0.1, 0.15) is 11.7 Å². The Morgan fingerprint density at radius 1 is 0.952 bits per heavy atom. The monoisotopic (exact) mass is 300 g/mol. The second-order valence-electron chi connectivity index (χ2n) is 4.47. The molecule has 1 heterocycles. The Bertz CT molecular complexity index is 660. The van der Waals surface area contributed by atoms with Crippen molar-refractivity contribution in [3.63, 3.8) is 0 Å². The Morgan fingerprint density at radius 3 is 2.38 bits per heavy atom. The van der Waals surface area contributed by atoms with Gasteiger partial charge in [-0.05, 0) is 18.2 Å². The average molecular weight is 300 g/mol. The number of aliphatic imine (C=N–C) groups is 1. The van der Waals surface area contributed by atoms with E-state index in [1.165, 1.54) is 0 Å². The van der Waals surface area contributed by atoms with Crippen molar-refractivity contribution in [1.82, 2.24) is 0 Å². The summed E-state index contributed by atoms with van der Waals surface area (Å²) in [5, 5.41) is 0. The van der Waals surface area contributed by atoms with Crippen molar-refractivity contribution in [1.29, 1.82) is 0 Å². The van der Waals surface area contributed by atoms with E-state index in [1.807, 2.05) is 54.1 Å². The topological polar surface area (TPSA) is 34.1 Å². The fourth-order valence-electron chi connectivity index (χ4n) is 2.34. The first-order valence-corrected chi connectivity index (χ1v) is 7.42. The molecule has 0 fully saturated rings. The molecule has 0 amide bonds. The van der Waals surface area contributed by atoms with Gasteiger partial charge in [-0.1, -0.05) is 30.3 Å². The van der Waals surface area contributed by atoms with E-state index in [4.69, 9.17) is 9.47 Å². The fourth-order valence-corrected chi connectivity index (χ4v) is 3.16. The van der Waals surface area contributed by atoms with Crippen LogP contribution in [0.15, 0.2) is 53.5 Å². The van der Waals surface area contributed by atoms with E-state index >= 15 is 0 Å². The molecule has 1 aliphatic heterocycles. The van der Waals surface area contributed by atoms with E-state index in [0.29, 0.717) is 0 Å². The molecule has 108 valence electrons. The molecular formula is C16H16N2O2S. The number of rotatable bonds is 4. The highest BCUT2D eigenvalue weighted by atomic mass is 32.2. The van der Waals surface area contributed by atoms with Crippen LogP contribution in [0, 0.1) is 0 Å². The summed E-state index contributed by atoms with van der Waals surface area (Å²) in [6.45, 7) is 0. The number of hydrogen-bond acceptors (Lipinski definition) is 5. The minimum atomic E-state index is -0.123. The summed E-state index contributed by atoms with van der Waals surface area (Å²) in [7, 11) is 3.36. The first-order chi connectivity index (χ1) is 10.3. The highest BCUT2D eigenvalue weighted by molar-refractivity contribution is 8.13. The van der Waals surface area contributed by atoms with E-state index in [0.717, 1.165) is 22.7 Å². The van der Waals surface area contributed by atoms with Gasteiger partial charge in [0.15, 0.2) is 6.17 Å². The summed E-state index contributed by atoms with van der Waals surface area (Å²) >= 11 is 1.55. The third-order valence-electron chi connectivity index (χ3n) is 3.32. The molecule has 4 nitrogen and oxygen atoms in total. The largest absolute Gasteiger partial charge is 0.496 e. The van der Waals surface area contributed by atoms with Crippen LogP contribution in [-0.2, 0) is 0 Å². The summed E-state index contributed by atoms with van der Waals surface area (Å²) in [5.74, 6) is 1.66. The van der Waals surface area contributed by atoms with E-state index in [-0.39, 0.29) is 6.17 Å². The zero-order valence-corrected chi connectivity index (χ0v) is 12.7. The van der Waals surface area contributed by atoms with Crippen molar-refractivity contribution in [2.24, 2.45) is 4.99 Å². The summed E-state index contributed by atoms with van der Waals surface area (Å²) in [6.07, 6.45) is -0.123. The highest BCUT2D eigenvalue weighted by Crippen LogP contribution is 2.44. The van der Waals surface area contributed by atoms with Gasteiger partial charge in [0.25, 0.3) is 0 Å². The Hall–Kier alpha value is -2.14. The van der Waals surface area contributed by atoms with Crippen LogP contribution >= 0.6 is 11.9 Å². The van der Waals surface area contributed by atoms with Crippen LogP contribution in [-0.4, -0.2) is 19.8 Å². The second-order valence-corrected chi connectivity index (χ2v) is 5.29. The highest BCUT2D eigenvalue weighted by Gasteiger charge is 2.28. The molecule has 5 heteroatoms. The molecule has 2 aromatic rings. The molecule has 21 heavy (non-hydrogen) atoms. The van der Waals surface area contributed by atoms with Crippen LogP contribution in [0.4, 0.5) is 5.69 Å². The smallest absolute Gasteiger partial charge is 0.161 e. The maximum atomic E-state index is 5.46. The van der Waals surface area contributed by atoms with Crippen LogP contribution in [0.25, 0.3) is 0 Å². The zero-order chi connectivity index (χ0) is 14.7. The lowest BCUT2D eigenvalue weighted by molar-refractivity contribution is 0.405. The predicted molar refractivity (Wildman–Crippen MR) is 87.3 cm³/mol. The second kappa shape index (κ2) is 6.10. The number of ether oxygens (including phenoxy) is 2.